The topological polar surface area (TPSA) is 78.9 Å². The molecule has 2 N–H and O–H groups in total. The van der Waals surface area contributed by atoms with Gasteiger partial charge in [-0.2, -0.15) is 0 Å². The molecule has 0 aromatic heterocycles. The van der Waals surface area contributed by atoms with Gasteiger partial charge in [-0.3, -0.25) is 14.5 Å². The van der Waals surface area contributed by atoms with Crippen LogP contribution in [-0.4, -0.2) is 48.2 Å². The molecule has 1 saturated heterocycles. The van der Waals surface area contributed by atoms with Gasteiger partial charge in [-0.1, -0.05) is 18.2 Å². The van der Waals surface area contributed by atoms with Gasteiger partial charge in [-0.25, -0.2) is 0 Å². The second-order valence-corrected chi connectivity index (χ2v) is 7.75. The zero-order valence-corrected chi connectivity index (χ0v) is 15.1. The Balaban J connectivity index is 1.69. The summed E-state index contributed by atoms with van der Waals surface area (Å²) >= 11 is 0. The highest BCUT2D eigenvalue weighted by Gasteiger charge is 2.48. The molecule has 2 aliphatic heterocycles. The van der Waals surface area contributed by atoms with E-state index in [1.807, 2.05) is 18.2 Å². The van der Waals surface area contributed by atoms with Crippen molar-refractivity contribution in [1.82, 2.24) is 4.90 Å². The van der Waals surface area contributed by atoms with E-state index >= 15 is 0 Å². The van der Waals surface area contributed by atoms with E-state index in [-0.39, 0.29) is 23.8 Å². The molecule has 4 rings (SSSR count). The van der Waals surface area contributed by atoms with Gasteiger partial charge in [0.15, 0.2) is 0 Å². The number of carbonyl (C=O) groups is 2. The number of fused-ring (bicyclic) bond motifs is 4. The molecule has 1 amide bonds. The summed E-state index contributed by atoms with van der Waals surface area (Å²) in [4.78, 5) is 26.9. The van der Waals surface area contributed by atoms with Gasteiger partial charge in [0.25, 0.3) is 0 Å². The van der Waals surface area contributed by atoms with Gasteiger partial charge in [-0.05, 0) is 42.7 Å². The number of aliphatic hydroxyl groups is 1. The number of anilines is 1. The van der Waals surface area contributed by atoms with Crippen molar-refractivity contribution in [1.29, 1.82) is 0 Å². The lowest BCUT2D eigenvalue weighted by Crippen LogP contribution is -2.52. The second-order valence-electron chi connectivity index (χ2n) is 7.75. The van der Waals surface area contributed by atoms with Crippen LogP contribution in [0.1, 0.15) is 37.3 Å². The summed E-state index contributed by atoms with van der Waals surface area (Å²) in [5, 5.41) is 13.5. The van der Waals surface area contributed by atoms with Crippen LogP contribution >= 0.6 is 0 Å². The van der Waals surface area contributed by atoms with Crippen molar-refractivity contribution in [2.75, 3.05) is 25.5 Å². The third-order valence-corrected chi connectivity index (χ3v) is 6.41. The van der Waals surface area contributed by atoms with E-state index in [1.54, 1.807) is 0 Å². The largest absolute Gasteiger partial charge is 0.469 e. The number of hydrogen-bond acceptors (Lipinski definition) is 5. The molecular formula is C20H26N2O4. The Labute approximate surface area is 153 Å². The SMILES string of the molecule is COC(=O)[C@@H]1[C@H]2C[C@H]3c4ccccc4NC(=O)CCN3C[C@@H]2CC[C@@H]1O. The van der Waals surface area contributed by atoms with Crippen molar-refractivity contribution in [3.05, 3.63) is 29.8 Å². The summed E-state index contributed by atoms with van der Waals surface area (Å²) in [6, 6.07) is 8.06. The third-order valence-electron chi connectivity index (χ3n) is 6.41. The van der Waals surface area contributed by atoms with E-state index < -0.39 is 12.0 Å². The van der Waals surface area contributed by atoms with Crippen LogP contribution in [0.15, 0.2) is 24.3 Å². The second kappa shape index (κ2) is 7.00. The minimum atomic E-state index is -0.626. The van der Waals surface area contributed by atoms with Crippen LogP contribution in [0.4, 0.5) is 5.69 Å². The number of hydrogen-bond donors (Lipinski definition) is 2. The number of methoxy groups -OCH3 is 1. The molecule has 1 saturated carbocycles. The number of esters is 1. The Bertz CT molecular complexity index is 707. The van der Waals surface area contributed by atoms with Crippen molar-refractivity contribution in [2.24, 2.45) is 17.8 Å². The van der Waals surface area contributed by atoms with Crippen molar-refractivity contribution in [3.63, 3.8) is 0 Å². The third kappa shape index (κ3) is 3.01. The number of aliphatic hydroxyl groups excluding tert-OH is 1. The highest BCUT2D eigenvalue weighted by Crippen LogP contribution is 2.48. The molecule has 1 aromatic rings. The summed E-state index contributed by atoms with van der Waals surface area (Å²) < 4.78 is 5.00. The normalized spacial score (nSPS) is 34.4. The van der Waals surface area contributed by atoms with Crippen LogP contribution in [0.5, 0.6) is 0 Å². The average molecular weight is 358 g/mol. The van der Waals surface area contributed by atoms with E-state index in [0.29, 0.717) is 18.8 Å². The smallest absolute Gasteiger partial charge is 0.311 e. The Morgan fingerprint density at radius 3 is 2.92 bits per heavy atom. The number of ether oxygens (including phenoxy) is 1. The summed E-state index contributed by atoms with van der Waals surface area (Å²) in [6.07, 6.45) is 2.20. The molecule has 0 radical (unpaired) electrons. The number of para-hydroxylation sites is 1. The Kier molecular flexibility index (Phi) is 4.71. The number of nitrogens with zero attached hydrogens (tertiary/aromatic N) is 1. The van der Waals surface area contributed by atoms with E-state index in [0.717, 1.165) is 37.2 Å². The van der Waals surface area contributed by atoms with Gasteiger partial charge in [0.2, 0.25) is 5.91 Å². The lowest BCUT2D eigenvalue weighted by Gasteiger charge is -2.50. The van der Waals surface area contributed by atoms with Crippen LogP contribution in [0.2, 0.25) is 0 Å². The van der Waals surface area contributed by atoms with Gasteiger partial charge in [0, 0.05) is 31.2 Å². The first-order chi connectivity index (χ1) is 12.6. The first-order valence-electron chi connectivity index (χ1n) is 9.47. The first kappa shape index (κ1) is 17.5. The molecule has 2 heterocycles. The molecule has 5 atom stereocenters. The van der Waals surface area contributed by atoms with Crippen molar-refractivity contribution < 1.29 is 19.4 Å². The number of benzene rings is 1. The Hall–Kier alpha value is -1.92. The van der Waals surface area contributed by atoms with E-state index in [1.165, 1.54) is 7.11 Å². The maximum Gasteiger partial charge on any atom is 0.311 e. The molecule has 2 fully saturated rings. The molecule has 6 nitrogen and oxygen atoms in total. The van der Waals surface area contributed by atoms with Crippen LogP contribution in [-0.2, 0) is 14.3 Å². The Morgan fingerprint density at radius 1 is 1.31 bits per heavy atom. The minimum absolute atomic E-state index is 0.0459. The fraction of sp³-hybridized carbons (Fsp3) is 0.600. The molecule has 0 unspecified atom stereocenters. The molecule has 1 aromatic carbocycles. The summed E-state index contributed by atoms with van der Waals surface area (Å²) in [5.74, 6) is -0.241. The van der Waals surface area contributed by atoms with Crippen LogP contribution in [0.25, 0.3) is 0 Å². The molecule has 0 bridgehead atoms. The zero-order valence-electron chi connectivity index (χ0n) is 15.1. The number of rotatable bonds is 1. The zero-order chi connectivity index (χ0) is 18.3. The summed E-state index contributed by atoms with van der Waals surface area (Å²) in [7, 11) is 1.40. The number of amides is 1. The predicted molar refractivity (Wildman–Crippen MR) is 96.3 cm³/mol. The quantitative estimate of drug-likeness (QED) is 0.750. The van der Waals surface area contributed by atoms with Crippen LogP contribution in [0.3, 0.4) is 0 Å². The standard InChI is InChI=1S/C20H26N2O4/c1-26-20(25)19-14-10-16-13-4-2-3-5-15(13)21-18(24)8-9-22(16)11-12(14)6-7-17(19)23/h2-5,12,14,16-17,19,23H,6-11H2,1H3,(H,21,24)/t12-,14-,16-,17-,19+/m0/s1. The van der Waals surface area contributed by atoms with Gasteiger partial charge >= 0.3 is 5.97 Å². The lowest BCUT2D eigenvalue weighted by atomic mass is 9.65. The van der Waals surface area contributed by atoms with Crippen molar-refractivity contribution in [3.8, 4) is 0 Å². The van der Waals surface area contributed by atoms with Gasteiger partial charge in [0.05, 0.1) is 19.1 Å². The van der Waals surface area contributed by atoms with Crippen molar-refractivity contribution >= 4 is 17.6 Å². The fourth-order valence-electron chi connectivity index (χ4n) is 5.16. The number of nitrogens with one attached hydrogen (secondary N) is 1. The van der Waals surface area contributed by atoms with E-state index in [4.69, 9.17) is 4.74 Å². The fourth-order valence-corrected chi connectivity index (χ4v) is 5.16. The number of carbonyl (C=O) groups excluding carboxylic acids is 2. The highest BCUT2D eigenvalue weighted by molar-refractivity contribution is 5.92. The monoisotopic (exact) mass is 358 g/mol. The van der Waals surface area contributed by atoms with Gasteiger partial charge < -0.3 is 15.2 Å². The Morgan fingerprint density at radius 2 is 2.12 bits per heavy atom. The van der Waals surface area contributed by atoms with Crippen molar-refractivity contribution in [2.45, 2.75) is 37.8 Å². The lowest BCUT2D eigenvalue weighted by molar-refractivity contribution is -0.160. The van der Waals surface area contributed by atoms with Crippen LogP contribution in [0, 0.1) is 17.8 Å². The van der Waals surface area contributed by atoms with Crippen LogP contribution < -0.4 is 5.32 Å². The van der Waals surface area contributed by atoms with E-state index in [9.17, 15) is 14.7 Å². The van der Waals surface area contributed by atoms with Gasteiger partial charge in [-0.15, -0.1) is 0 Å². The summed E-state index contributed by atoms with van der Waals surface area (Å²) in [5.41, 5.74) is 1.96. The minimum Gasteiger partial charge on any atom is -0.469 e. The van der Waals surface area contributed by atoms with Gasteiger partial charge in [0.1, 0.15) is 0 Å². The molecule has 140 valence electrons. The van der Waals surface area contributed by atoms with E-state index in [2.05, 4.69) is 16.3 Å². The first-order valence-corrected chi connectivity index (χ1v) is 9.47. The number of piperidine rings is 1. The molecular weight excluding hydrogens is 332 g/mol. The average Bonchev–Trinajstić information content (AvgIpc) is 2.64. The highest BCUT2D eigenvalue weighted by atomic mass is 16.5. The maximum atomic E-state index is 12.4. The molecule has 6 heteroatoms. The predicted octanol–water partition coefficient (Wildman–Crippen LogP) is 1.95. The summed E-state index contributed by atoms with van der Waals surface area (Å²) in [6.45, 7) is 1.58. The molecule has 0 spiro atoms. The molecule has 26 heavy (non-hydrogen) atoms. The molecule has 1 aliphatic carbocycles. The molecule has 3 aliphatic rings. The maximum absolute atomic E-state index is 12.4.